The van der Waals surface area contributed by atoms with E-state index >= 15 is 0 Å². The molecule has 1 saturated heterocycles. The molecule has 0 aliphatic carbocycles. The predicted molar refractivity (Wildman–Crippen MR) is 74.7 cm³/mol. The highest BCUT2D eigenvalue weighted by Crippen LogP contribution is 2.32. The number of anilines is 3. The van der Waals surface area contributed by atoms with E-state index < -0.39 is 5.79 Å². The Kier molecular flexibility index (Phi) is 2.87. The fourth-order valence-electron chi connectivity index (χ4n) is 2.77. The number of nitrogens with zero attached hydrogens (tertiary/aromatic N) is 1. The van der Waals surface area contributed by atoms with Crippen LogP contribution < -0.4 is 21.9 Å². The number of ether oxygens (including phenoxy) is 2. The molecular formula is C12H19N5O3. The molecule has 110 valence electrons. The molecule has 20 heavy (non-hydrogen) atoms. The number of nitrogens with two attached hydrogens (primary N) is 1. The third-order valence-corrected chi connectivity index (χ3v) is 3.51. The Hall–Kier alpha value is -1.80. The van der Waals surface area contributed by atoms with Crippen LogP contribution in [0.15, 0.2) is 4.79 Å². The average Bonchev–Trinajstić information content (AvgIpc) is 2.62. The number of aromatic amines is 1. The highest BCUT2D eigenvalue weighted by atomic mass is 16.8. The van der Waals surface area contributed by atoms with Crippen molar-refractivity contribution in [2.24, 2.45) is 0 Å². The molecule has 0 radical (unpaired) electrons. The van der Waals surface area contributed by atoms with E-state index in [1.165, 1.54) is 0 Å². The third-order valence-electron chi connectivity index (χ3n) is 3.51. The minimum absolute atomic E-state index is 0.0633. The topological polar surface area (TPSA) is 114 Å². The van der Waals surface area contributed by atoms with Gasteiger partial charge in [-0.05, 0) is 20.8 Å². The molecule has 2 aliphatic rings. The Labute approximate surface area is 116 Å². The van der Waals surface area contributed by atoms with Gasteiger partial charge < -0.3 is 25.8 Å². The van der Waals surface area contributed by atoms with Crippen molar-refractivity contribution >= 4 is 17.5 Å². The number of H-pyrrole nitrogens is 1. The lowest BCUT2D eigenvalue weighted by molar-refractivity contribution is -0.145. The SMILES string of the molecule is C[C@@H]1OC(C)(C)O[C@@H]1[C@H]1CNc2nc(N)[nH]c(=O)c2N1. The monoisotopic (exact) mass is 281 g/mol. The zero-order chi connectivity index (χ0) is 14.5. The van der Waals surface area contributed by atoms with E-state index in [1.54, 1.807) is 0 Å². The van der Waals surface area contributed by atoms with Gasteiger partial charge in [-0.25, -0.2) is 0 Å². The van der Waals surface area contributed by atoms with E-state index in [2.05, 4.69) is 20.6 Å². The maximum absolute atomic E-state index is 11.9. The smallest absolute Gasteiger partial charge is 0.277 e. The molecule has 3 atom stereocenters. The third kappa shape index (κ3) is 2.20. The highest BCUT2D eigenvalue weighted by molar-refractivity contribution is 5.67. The number of rotatable bonds is 1. The summed E-state index contributed by atoms with van der Waals surface area (Å²) in [4.78, 5) is 18.4. The lowest BCUT2D eigenvalue weighted by Gasteiger charge is -2.31. The number of fused-ring (bicyclic) bond motifs is 1. The first kappa shape index (κ1) is 13.2. The van der Waals surface area contributed by atoms with Crippen molar-refractivity contribution in [3.8, 4) is 0 Å². The van der Waals surface area contributed by atoms with Crippen LogP contribution in [0.1, 0.15) is 20.8 Å². The number of hydrogen-bond acceptors (Lipinski definition) is 7. The predicted octanol–water partition coefficient (Wildman–Crippen LogP) is 0.0981. The summed E-state index contributed by atoms with van der Waals surface area (Å²) in [5.74, 6) is -0.0533. The van der Waals surface area contributed by atoms with Crippen LogP contribution in [0.5, 0.6) is 0 Å². The maximum Gasteiger partial charge on any atom is 0.277 e. The molecule has 8 heteroatoms. The van der Waals surface area contributed by atoms with Crippen molar-refractivity contribution in [2.75, 3.05) is 22.9 Å². The van der Waals surface area contributed by atoms with Gasteiger partial charge in [0.15, 0.2) is 11.6 Å². The number of nitrogens with one attached hydrogen (secondary N) is 3. The van der Waals surface area contributed by atoms with E-state index in [-0.39, 0.29) is 29.8 Å². The van der Waals surface area contributed by atoms with Crippen LogP contribution in [0.3, 0.4) is 0 Å². The molecule has 3 heterocycles. The van der Waals surface area contributed by atoms with Gasteiger partial charge in [-0.2, -0.15) is 4.98 Å². The summed E-state index contributed by atoms with van der Waals surface area (Å²) in [5.41, 5.74) is 5.61. The van der Waals surface area contributed by atoms with Crippen molar-refractivity contribution in [1.29, 1.82) is 0 Å². The number of hydrogen-bond donors (Lipinski definition) is 4. The van der Waals surface area contributed by atoms with Crippen LogP contribution in [-0.2, 0) is 9.47 Å². The van der Waals surface area contributed by atoms with Gasteiger partial charge in [0.1, 0.15) is 11.8 Å². The Morgan fingerprint density at radius 1 is 1.40 bits per heavy atom. The quantitative estimate of drug-likeness (QED) is 0.577. The van der Waals surface area contributed by atoms with Gasteiger partial charge in [0, 0.05) is 6.54 Å². The van der Waals surface area contributed by atoms with Crippen LogP contribution in [0.2, 0.25) is 0 Å². The van der Waals surface area contributed by atoms with Crippen molar-refractivity contribution in [2.45, 2.75) is 44.8 Å². The number of aromatic nitrogens is 2. The normalized spacial score (nSPS) is 31.2. The van der Waals surface area contributed by atoms with E-state index in [4.69, 9.17) is 15.2 Å². The fourth-order valence-corrected chi connectivity index (χ4v) is 2.77. The molecule has 5 N–H and O–H groups in total. The van der Waals surface area contributed by atoms with Gasteiger partial charge in [-0.3, -0.25) is 9.78 Å². The first-order valence-corrected chi connectivity index (χ1v) is 6.61. The zero-order valence-electron chi connectivity index (χ0n) is 11.7. The molecule has 1 aromatic rings. The fraction of sp³-hybridized carbons (Fsp3) is 0.667. The summed E-state index contributed by atoms with van der Waals surface area (Å²) in [5, 5.41) is 6.28. The molecule has 1 aromatic heterocycles. The lowest BCUT2D eigenvalue weighted by Crippen LogP contribution is -2.48. The molecule has 3 rings (SSSR count). The Morgan fingerprint density at radius 3 is 2.80 bits per heavy atom. The zero-order valence-corrected chi connectivity index (χ0v) is 11.7. The second-order valence-corrected chi connectivity index (χ2v) is 5.61. The van der Waals surface area contributed by atoms with Gasteiger partial charge in [0.25, 0.3) is 5.56 Å². The summed E-state index contributed by atoms with van der Waals surface area (Å²) in [6, 6.07) is -0.0780. The van der Waals surface area contributed by atoms with Gasteiger partial charge in [-0.1, -0.05) is 0 Å². The molecule has 0 spiro atoms. The standard InChI is InChI=1S/C12H19N5O3/c1-5-8(20-12(2,3)19-5)6-4-14-9-7(15-6)10(18)17-11(13)16-9/h5-6,8,15H,4H2,1-3H3,(H4,13,14,16,17,18)/t5-,6+,8-/m0/s1. The van der Waals surface area contributed by atoms with E-state index in [9.17, 15) is 4.79 Å². The van der Waals surface area contributed by atoms with Gasteiger partial charge >= 0.3 is 0 Å². The molecule has 0 unspecified atom stereocenters. The van der Waals surface area contributed by atoms with Crippen LogP contribution in [-0.4, -0.2) is 40.5 Å². The molecule has 2 aliphatic heterocycles. The Bertz CT molecular complexity index is 585. The highest BCUT2D eigenvalue weighted by Gasteiger charge is 2.44. The van der Waals surface area contributed by atoms with Crippen molar-refractivity contribution < 1.29 is 9.47 Å². The second-order valence-electron chi connectivity index (χ2n) is 5.61. The minimum atomic E-state index is -0.613. The second kappa shape index (κ2) is 4.35. The van der Waals surface area contributed by atoms with Gasteiger partial charge in [0.2, 0.25) is 5.95 Å². The first-order chi connectivity index (χ1) is 9.35. The van der Waals surface area contributed by atoms with Crippen LogP contribution in [0, 0.1) is 0 Å². The average molecular weight is 281 g/mol. The van der Waals surface area contributed by atoms with E-state index in [0.717, 1.165) is 0 Å². The van der Waals surface area contributed by atoms with Crippen molar-refractivity contribution in [1.82, 2.24) is 9.97 Å². The van der Waals surface area contributed by atoms with Crippen molar-refractivity contribution in [3.63, 3.8) is 0 Å². The molecular weight excluding hydrogens is 262 g/mol. The van der Waals surface area contributed by atoms with Crippen LogP contribution in [0.4, 0.5) is 17.5 Å². The molecule has 0 saturated carbocycles. The largest absolute Gasteiger partial charge is 0.370 e. The molecule has 0 bridgehead atoms. The molecule has 0 aromatic carbocycles. The summed E-state index contributed by atoms with van der Waals surface area (Å²) >= 11 is 0. The maximum atomic E-state index is 11.9. The van der Waals surface area contributed by atoms with Crippen LogP contribution in [0.25, 0.3) is 0 Å². The summed E-state index contributed by atoms with van der Waals surface area (Å²) in [6.45, 7) is 6.30. The Balaban J connectivity index is 1.84. The summed E-state index contributed by atoms with van der Waals surface area (Å²) < 4.78 is 11.6. The Morgan fingerprint density at radius 2 is 2.15 bits per heavy atom. The van der Waals surface area contributed by atoms with Gasteiger partial charge in [-0.15, -0.1) is 0 Å². The number of nitrogen functional groups attached to an aromatic ring is 1. The summed E-state index contributed by atoms with van der Waals surface area (Å²) in [7, 11) is 0. The van der Waals surface area contributed by atoms with Gasteiger partial charge in [0.05, 0.1) is 12.1 Å². The van der Waals surface area contributed by atoms with Crippen molar-refractivity contribution in [3.05, 3.63) is 10.4 Å². The van der Waals surface area contributed by atoms with E-state index in [1.807, 2.05) is 20.8 Å². The molecule has 8 nitrogen and oxygen atoms in total. The summed E-state index contributed by atoms with van der Waals surface area (Å²) in [6.07, 6.45) is -0.214. The molecule has 1 fully saturated rings. The van der Waals surface area contributed by atoms with Crippen LogP contribution >= 0.6 is 0 Å². The van der Waals surface area contributed by atoms with E-state index in [0.29, 0.717) is 18.1 Å². The molecule has 0 amide bonds. The first-order valence-electron chi connectivity index (χ1n) is 6.61. The minimum Gasteiger partial charge on any atom is -0.370 e. The lowest BCUT2D eigenvalue weighted by atomic mass is 10.0.